The van der Waals surface area contributed by atoms with Crippen LogP contribution in [-0.2, 0) is 22.6 Å². The van der Waals surface area contributed by atoms with E-state index in [1.165, 1.54) is 21.8 Å². The van der Waals surface area contributed by atoms with E-state index in [1.54, 1.807) is 11.6 Å². The minimum atomic E-state index is -0.505. The summed E-state index contributed by atoms with van der Waals surface area (Å²) in [6.45, 7) is 1.78. The maximum absolute atomic E-state index is 11.9. The lowest BCUT2D eigenvalue weighted by molar-refractivity contribution is -0.147. The number of thiazole rings is 1. The Bertz CT molecular complexity index is 916. The van der Waals surface area contributed by atoms with Crippen molar-refractivity contribution in [1.29, 1.82) is 0 Å². The normalized spacial score (nSPS) is 10.7. The van der Waals surface area contributed by atoms with Crippen molar-refractivity contribution >= 4 is 22.3 Å². The average molecular weight is 344 g/mol. The predicted octanol–water partition coefficient (Wildman–Crippen LogP) is 2.44. The van der Waals surface area contributed by atoms with Gasteiger partial charge in [-0.2, -0.15) is 0 Å². The molecule has 1 aromatic carbocycles. The van der Waals surface area contributed by atoms with E-state index < -0.39 is 5.97 Å². The summed E-state index contributed by atoms with van der Waals surface area (Å²) in [5.41, 5.74) is 1.26. The molecule has 2 heterocycles. The number of benzene rings is 1. The number of aromatic nitrogens is 2. The molecule has 0 aliphatic rings. The molecule has 3 rings (SSSR count). The first-order valence-electron chi connectivity index (χ1n) is 7.49. The number of hydrogen-bond donors (Lipinski definition) is 0. The van der Waals surface area contributed by atoms with Crippen LogP contribution in [0.25, 0.3) is 4.96 Å². The molecule has 0 fully saturated rings. The predicted molar refractivity (Wildman–Crippen MR) is 90.5 cm³/mol. The molecule has 24 heavy (non-hydrogen) atoms. The van der Waals surface area contributed by atoms with Gasteiger partial charge >= 0.3 is 5.97 Å². The third-order valence-electron chi connectivity index (χ3n) is 3.44. The summed E-state index contributed by atoms with van der Waals surface area (Å²) < 4.78 is 12.1. The lowest BCUT2D eigenvalue weighted by Crippen LogP contribution is -2.18. The number of fused-ring (bicyclic) bond motifs is 1. The lowest BCUT2D eigenvalue weighted by atomic mass is 10.1. The van der Waals surface area contributed by atoms with Crippen molar-refractivity contribution in [2.45, 2.75) is 20.0 Å². The van der Waals surface area contributed by atoms with Gasteiger partial charge in [-0.25, -0.2) is 9.78 Å². The molecular weight excluding hydrogens is 328 g/mol. The van der Waals surface area contributed by atoms with Gasteiger partial charge in [-0.1, -0.05) is 25.1 Å². The van der Waals surface area contributed by atoms with E-state index in [4.69, 9.17) is 9.47 Å². The maximum atomic E-state index is 11.9. The number of aryl methyl sites for hydroxylation is 1. The summed E-state index contributed by atoms with van der Waals surface area (Å²) in [5, 5.41) is 1.78. The van der Waals surface area contributed by atoms with Crippen molar-refractivity contribution in [3.8, 4) is 5.75 Å². The highest BCUT2D eigenvalue weighted by Crippen LogP contribution is 2.18. The Labute approximate surface area is 142 Å². The standard InChI is InChI=1S/C17H16N2O4S/c1-2-12-5-3-4-6-14(12)22-11-16(21)23-10-13-9-15(20)19-7-8-24-17(19)18-13/h3-9H,2,10-11H2,1H3. The van der Waals surface area contributed by atoms with Gasteiger partial charge in [-0.3, -0.25) is 9.20 Å². The van der Waals surface area contributed by atoms with Crippen LogP contribution in [0, 0.1) is 0 Å². The lowest BCUT2D eigenvalue weighted by Gasteiger charge is -2.10. The number of hydrogen-bond acceptors (Lipinski definition) is 6. The van der Waals surface area contributed by atoms with E-state index >= 15 is 0 Å². The molecule has 0 amide bonds. The van der Waals surface area contributed by atoms with Crippen LogP contribution in [0.5, 0.6) is 5.75 Å². The molecule has 0 unspecified atom stereocenters. The fourth-order valence-electron chi connectivity index (χ4n) is 2.23. The van der Waals surface area contributed by atoms with Crippen LogP contribution in [0.4, 0.5) is 0 Å². The molecular formula is C17H16N2O4S. The molecule has 2 aromatic heterocycles. The van der Waals surface area contributed by atoms with E-state index in [-0.39, 0.29) is 18.8 Å². The highest BCUT2D eigenvalue weighted by atomic mass is 32.1. The second kappa shape index (κ2) is 7.27. The van der Waals surface area contributed by atoms with Crippen LogP contribution in [-0.4, -0.2) is 22.0 Å². The summed E-state index contributed by atoms with van der Waals surface area (Å²) in [4.78, 5) is 28.5. The zero-order valence-corrected chi connectivity index (χ0v) is 13.9. The fraction of sp³-hybridized carbons (Fsp3) is 0.235. The zero-order chi connectivity index (χ0) is 16.9. The molecule has 7 heteroatoms. The molecule has 124 valence electrons. The van der Waals surface area contributed by atoms with Gasteiger partial charge in [0.25, 0.3) is 5.56 Å². The summed E-state index contributed by atoms with van der Waals surface area (Å²) in [6.07, 6.45) is 2.48. The summed E-state index contributed by atoms with van der Waals surface area (Å²) in [5.74, 6) is 0.169. The molecule has 0 aliphatic heterocycles. The van der Waals surface area contributed by atoms with Gasteiger partial charge in [0.1, 0.15) is 12.4 Å². The molecule has 0 bridgehead atoms. The van der Waals surface area contributed by atoms with Gasteiger partial charge in [0.2, 0.25) is 0 Å². The van der Waals surface area contributed by atoms with Gasteiger partial charge in [-0.05, 0) is 18.1 Å². The number of para-hydroxylation sites is 1. The van der Waals surface area contributed by atoms with Crippen LogP contribution < -0.4 is 10.3 Å². The van der Waals surface area contributed by atoms with Crippen LogP contribution >= 0.6 is 11.3 Å². The van der Waals surface area contributed by atoms with Crippen molar-refractivity contribution < 1.29 is 14.3 Å². The molecule has 3 aromatic rings. The fourth-order valence-corrected chi connectivity index (χ4v) is 2.97. The van der Waals surface area contributed by atoms with E-state index in [9.17, 15) is 9.59 Å². The molecule has 0 N–H and O–H groups in total. The van der Waals surface area contributed by atoms with Crippen LogP contribution in [0.2, 0.25) is 0 Å². The minimum absolute atomic E-state index is 0.0543. The van der Waals surface area contributed by atoms with Crippen LogP contribution in [0.3, 0.4) is 0 Å². The van der Waals surface area contributed by atoms with Gasteiger partial charge in [0, 0.05) is 17.6 Å². The van der Waals surface area contributed by atoms with Crippen molar-refractivity contribution in [3.63, 3.8) is 0 Å². The monoisotopic (exact) mass is 344 g/mol. The van der Waals surface area contributed by atoms with E-state index in [2.05, 4.69) is 4.98 Å². The zero-order valence-electron chi connectivity index (χ0n) is 13.1. The Morgan fingerprint density at radius 3 is 3.00 bits per heavy atom. The Kier molecular flexibility index (Phi) is 4.90. The van der Waals surface area contributed by atoms with E-state index in [0.29, 0.717) is 16.4 Å². The number of carbonyl (C=O) groups is 1. The summed E-state index contributed by atoms with van der Waals surface area (Å²) in [6, 6.07) is 8.91. The SMILES string of the molecule is CCc1ccccc1OCC(=O)OCc1cc(=O)n2ccsc2n1. The second-order valence-electron chi connectivity index (χ2n) is 5.05. The maximum Gasteiger partial charge on any atom is 0.344 e. The molecule has 0 saturated carbocycles. The first-order valence-corrected chi connectivity index (χ1v) is 8.37. The third kappa shape index (κ3) is 3.62. The minimum Gasteiger partial charge on any atom is -0.482 e. The number of esters is 1. The van der Waals surface area contributed by atoms with Gasteiger partial charge < -0.3 is 9.47 Å². The Morgan fingerprint density at radius 1 is 1.33 bits per heavy atom. The molecule has 0 saturated heterocycles. The number of nitrogens with zero attached hydrogens (tertiary/aromatic N) is 2. The highest BCUT2D eigenvalue weighted by molar-refractivity contribution is 7.15. The molecule has 0 atom stereocenters. The highest BCUT2D eigenvalue weighted by Gasteiger charge is 2.09. The van der Waals surface area contributed by atoms with Crippen molar-refractivity contribution in [3.05, 3.63) is 63.5 Å². The Hall–Kier alpha value is -2.67. The van der Waals surface area contributed by atoms with E-state index in [0.717, 1.165) is 12.0 Å². The largest absolute Gasteiger partial charge is 0.482 e. The average Bonchev–Trinajstić information content (AvgIpc) is 3.07. The number of ether oxygens (including phenoxy) is 2. The summed E-state index contributed by atoms with van der Waals surface area (Å²) in [7, 11) is 0. The second-order valence-corrected chi connectivity index (χ2v) is 5.92. The van der Waals surface area contributed by atoms with Crippen molar-refractivity contribution in [1.82, 2.24) is 9.38 Å². The van der Waals surface area contributed by atoms with E-state index in [1.807, 2.05) is 31.2 Å². The third-order valence-corrected chi connectivity index (χ3v) is 4.19. The Balaban J connectivity index is 1.58. The van der Waals surface area contributed by atoms with Crippen molar-refractivity contribution in [2.24, 2.45) is 0 Å². The number of carbonyl (C=O) groups excluding carboxylic acids is 1. The first-order chi connectivity index (χ1) is 11.7. The van der Waals surface area contributed by atoms with Crippen LogP contribution in [0.15, 0.2) is 46.7 Å². The van der Waals surface area contributed by atoms with Gasteiger partial charge in [0.15, 0.2) is 11.6 Å². The molecule has 0 radical (unpaired) electrons. The first kappa shape index (κ1) is 16.2. The van der Waals surface area contributed by atoms with Crippen LogP contribution in [0.1, 0.15) is 18.2 Å². The van der Waals surface area contributed by atoms with Gasteiger partial charge in [-0.15, -0.1) is 11.3 Å². The van der Waals surface area contributed by atoms with Crippen molar-refractivity contribution in [2.75, 3.05) is 6.61 Å². The molecule has 6 nitrogen and oxygen atoms in total. The molecule has 0 spiro atoms. The molecule has 0 aliphatic carbocycles. The van der Waals surface area contributed by atoms with Gasteiger partial charge in [0.05, 0.1) is 5.69 Å². The summed E-state index contributed by atoms with van der Waals surface area (Å²) >= 11 is 1.35. The smallest absolute Gasteiger partial charge is 0.344 e. The number of rotatable bonds is 6. The topological polar surface area (TPSA) is 69.9 Å². The Morgan fingerprint density at radius 2 is 2.17 bits per heavy atom. The quantitative estimate of drug-likeness (QED) is 0.643.